The summed E-state index contributed by atoms with van der Waals surface area (Å²) >= 11 is 0. The van der Waals surface area contributed by atoms with Crippen LogP contribution >= 0.6 is 0 Å². The average Bonchev–Trinajstić information content (AvgIpc) is 2.36. The Morgan fingerprint density at radius 2 is 0.833 bits per heavy atom. The summed E-state index contributed by atoms with van der Waals surface area (Å²) in [7, 11) is -3.23. The Bertz CT molecular complexity index is 163. The fraction of sp³-hybridized carbons (Fsp3) is 1.00. The van der Waals surface area contributed by atoms with E-state index in [2.05, 4.69) is 13.8 Å². The van der Waals surface area contributed by atoms with Crippen LogP contribution in [0, 0.1) is 0 Å². The lowest BCUT2D eigenvalue weighted by Gasteiger charge is -2.30. The lowest BCUT2D eigenvalue weighted by Crippen LogP contribution is -2.37. The van der Waals surface area contributed by atoms with Crippen LogP contribution in [0.1, 0.15) is 41.5 Å². The van der Waals surface area contributed by atoms with E-state index in [0.29, 0.717) is 11.1 Å². The van der Waals surface area contributed by atoms with Crippen LogP contribution in [0.2, 0.25) is 11.1 Å². The summed E-state index contributed by atoms with van der Waals surface area (Å²) in [4.78, 5) is 0. The summed E-state index contributed by atoms with van der Waals surface area (Å²) in [5.74, 6) is 0. The maximum absolute atomic E-state index is 5.80. The van der Waals surface area contributed by atoms with Gasteiger partial charge in [-0.05, 0) is 27.7 Å². The molecule has 0 aliphatic rings. The van der Waals surface area contributed by atoms with E-state index in [1.54, 1.807) is 0 Å². The molecular formula is C12H30O4Si2. The van der Waals surface area contributed by atoms with Gasteiger partial charge in [0.2, 0.25) is 0 Å². The highest BCUT2D eigenvalue weighted by atomic mass is 28.3. The van der Waals surface area contributed by atoms with E-state index in [-0.39, 0.29) is 0 Å². The molecule has 0 radical (unpaired) electrons. The Morgan fingerprint density at radius 1 is 0.611 bits per heavy atom. The topological polar surface area (TPSA) is 36.9 Å². The average molecular weight is 295 g/mol. The molecule has 0 heterocycles. The van der Waals surface area contributed by atoms with E-state index in [0.717, 1.165) is 26.4 Å². The van der Waals surface area contributed by atoms with Gasteiger partial charge in [-0.15, -0.1) is 0 Å². The van der Waals surface area contributed by atoms with Gasteiger partial charge >= 0.3 is 18.6 Å². The number of hydrogen-bond acceptors (Lipinski definition) is 4. The van der Waals surface area contributed by atoms with Crippen molar-refractivity contribution in [3.8, 4) is 0 Å². The maximum Gasteiger partial charge on any atom is 0.324 e. The van der Waals surface area contributed by atoms with Crippen LogP contribution in [0.3, 0.4) is 0 Å². The van der Waals surface area contributed by atoms with Gasteiger partial charge in [0.1, 0.15) is 0 Å². The van der Waals surface area contributed by atoms with E-state index in [1.165, 1.54) is 0 Å². The molecule has 2 unspecified atom stereocenters. The molecule has 0 aromatic heterocycles. The van der Waals surface area contributed by atoms with E-state index >= 15 is 0 Å². The van der Waals surface area contributed by atoms with Gasteiger partial charge in [-0.25, -0.2) is 0 Å². The lowest BCUT2D eigenvalue weighted by atomic mass is 10.4. The van der Waals surface area contributed by atoms with Gasteiger partial charge in [0.15, 0.2) is 0 Å². The molecule has 0 aliphatic heterocycles. The van der Waals surface area contributed by atoms with Crippen LogP contribution in [0.4, 0.5) is 0 Å². The van der Waals surface area contributed by atoms with E-state index in [1.807, 2.05) is 27.7 Å². The molecule has 0 saturated heterocycles. The second-order valence-corrected chi connectivity index (χ2v) is 9.19. The Kier molecular flexibility index (Phi) is 11.3. The van der Waals surface area contributed by atoms with Crippen molar-refractivity contribution >= 4 is 18.6 Å². The Labute approximate surface area is 116 Å². The van der Waals surface area contributed by atoms with Gasteiger partial charge < -0.3 is 17.7 Å². The van der Waals surface area contributed by atoms with Crippen molar-refractivity contribution in [3.05, 3.63) is 0 Å². The highest BCUT2D eigenvalue weighted by molar-refractivity contribution is 6.53. The minimum absolute atomic E-state index is 0.416. The SMILES string of the molecule is CCO[SiH](OCC)C(C)C(C)[SiH](OCC)OCC. The quantitative estimate of drug-likeness (QED) is 0.548. The van der Waals surface area contributed by atoms with Gasteiger partial charge in [0, 0.05) is 37.5 Å². The second kappa shape index (κ2) is 11.1. The third kappa shape index (κ3) is 6.44. The van der Waals surface area contributed by atoms with Gasteiger partial charge in [-0.1, -0.05) is 13.8 Å². The summed E-state index contributed by atoms with van der Waals surface area (Å²) in [5, 5.41) is 0. The molecule has 0 saturated carbocycles. The molecule has 6 heteroatoms. The van der Waals surface area contributed by atoms with Crippen molar-refractivity contribution in [3.63, 3.8) is 0 Å². The third-order valence-corrected chi connectivity index (χ3v) is 9.04. The summed E-state index contributed by atoms with van der Waals surface area (Å²) in [5.41, 5.74) is 0.833. The van der Waals surface area contributed by atoms with Crippen molar-refractivity contribution in [1.82, 2.24) is 0 Å². The molecule has 0 spiro atoms. The van der Waals surface area contributed by atoms with Crippen LogP contribution in [-0.2, 0) is 17.7 Å². The normalized spacial score (nSPS) is 15.3. The molecule has 18 heavy (non-hydrogen) atoms. The minimum Gasteiger partial charge on any atom is -0.397 e. The maximum atomic E-state index is 5.80. The third-order valence-electron chi connectivity index (χ3n) is 3.01. The van der Waals surface area contributed by atoms with Crippen molar-refractivity contribution < 1.29 is 17.7 Å². The zero-order chi connectivity index (χ0) is 14.0. The van der Waals surface area contributed by atoms with Crippen molar-refractivity contribution in [2.24, 2.45) is 0 Å². The molecule has 0 bridgehead atoms. The molecule has 0 aromatic rings. The van der Waals surface area contributed by atoms with E-state index in [9.17, 15) is 0 Å². The first-order chi connectivity index (χ1) is 8.62. The van der Waals surface area contributed by atoms with Crippen LogP contribution in [0.15, 0.2) is 0 Å². The lowest BCUT2D eigenvalue weighted by molar-refractivity contribution is 0.186. The first-order valence-corrected chi connectivity index (χ1v) is 10.3. The largest absolute Gasteiger partial charge is 0.397 e. The second-order valence-electron chi connectivity index (χ2n) is 4.28. The van der Waals surface area contributed by atoms with Gasteiger partial charge in [0.25, 0.3) is 0 Å². The first kappa shape index (κ1) is 18.3. The summed E-state index contributed by atoms with van der Waals surface area (Å²) in [6.45, 7) is 15.4. The highest BCUT2D eigenvalue weighted by Gasteiger charge is 2.34. The molecule has 0 amide bonds. The standard InChI is InChI=1S/C12H30O4Si2/c1-7-13-17(14-8-2)11(5)12(6)18(15-9-3)16-10-4/h11-12,17-18H,7-10H2,1-6H3. The zero-order valence-electron chi connectivity index (χ0n) is 12.8. The zero-order valence-corrected chi connectivity index (χ0v) is 15.1. The predicted molar refractivity (Wildman–Crippen MR) is 79.7 cm³/mol. The van der Waals surface area contributed by atoms with Gasteiger partial charge in [-0.2, -0.15) is 0 Å². The highest BCUT2D eigenvalue weighted by Crippen LogP contribution is 2.31. The molecule has 110 valence electrons. The Morgan fingerprint density at radius 3 is 1.00 bits per heavy atom. The fourth-order valence-electron chi connectivity index (χ4n) is 1.86. The molecule has 2 atom stereocenters. The monoisotopic (exact) mass is 294 g/mol. The van der Waals surface area contributed by atoms with Gasteiger partial charge in [-0.3, -0.25) is 0 Å². The molecule has 0 aromatic carbocycles. The molecule has 0 N–H and O–H groups in total. The van der Waals surface area contributed by atoms with E-state index in [4.69, 9.17) is 17.7 Å². The Hall–Kier alpha value is 0.274. The molecule has 0 rings (SSSR count). The molecular weight excluding hydrogens is 264 g/mol. The van der Waals surface area contributed by atoms with Crippen molar-refractivity contribution in [2.75, 3.05) is 26.4 Å². The van der Waals surface area contributed by atoms with Crippen LogP contribution < -0.4 is 0 Å². The predicted octanol–water partition coefficient (Wildman–Crippen LogP) is 2.35. The van der Waals surface area contributed by atoms with Crippen molar-refractivity contribution in [2.45, 2.75) is 52.6 Å². The number of rotatable bonds is 11. The smallest absolute Gasteiger partial charge is 0.324 e. The molecule has 4 nitrogen and oxygen atoms in total. The summed E-state index contributed by atoms with van der Waals surface area (Å²) < 4.78 is 23.2. The van der Waals surface area contributed by atoms with Crippen molar-refractivity contribution in [1.29, 1.82) is 0 Å². The molecule has 0 fully saturated rings. The van der Waals surface area contributed by atoms with E-state index < -0.39 is 18.6 Å². The van der Waals surface area contributed by atoms with Crippen LogP contribution in [0.5, 0.6) is 0 Å². The Balaban J connectivity index is 4.51. The minimum atomic E-state index is -1.62. The number of hydrogen-bond donors (Lipinski definition) is 0. The fourth-order valence-corrected chi connectivity index (χ4v) is 6.66. The summed E-state index contributed by atoms with van der Waals surface area (Å²) in [6, 6.07) is 0. The molecule has 0 aliphatic carbocycles. The van der Waals surface area contributed by atoms with Gasteiger partial charge in [0.05, 0.1) is 0 Å². The first-order valence-electron chi connectivity index (χ1n) is 7.08. The van der Waals surface area contributed by atoms with Crippen LogP contribution in [-0.4, -0.2) is 45.0 Å². The van der Waals surface area contributed by atoms with Crippen LogP contribution in [0.25, 0.3) is 0 Å². The summed E-state index contributed by atoms with van der Waals surface area (Å²) in [6.07, 6.45) is 0.